The molecule has 19 heavy (non-hydrogen) atoms. The highest BCUT2D eigenvalue weighted by Crippen LogP contribution is 2.14. The standard InChI is InChI=1S/C13H20N6/c1-4-9-19-13(7-8-14-19)16-12-6-5-11(17-18-12)15-10(2)3/h5-8,10H,4,9H2,1-3H3,(H,15,17)(H,16,18). The Hall–Kier alpha value is -2.11. The maximum Gasteiger partial charge on any atom is 0.154 e. The number of aromatic nitrogens is 4. The van der Waals surface area contributed by atoms with Crippen LogP contribution in [0.3, 0.4) is 0 Å². The molecular weight excluding hydrogens is 240 g/mol. The fourth-order valence-corrected chi connectivity index (χ4v) is 1.73. The van der Waals surface area contributed by atoms with E-state index in [1.807, 2.05) is 22.9 Å². The van der Waals surface area contributed by atoms with Gasteiger partial charge in [0.2, 0.25) is 0 Å². The van der Waals surface area contributed by atoms with Crippen LogP contribution in [0.25, 0.3) is 0 Å². The first kappa shape index (κ1) is 13.3. The molecule has 0 saturated heterocycles. The van der Waals surface area contributed by atoms with Gasteiger partial charge >= 0.3 is 0 Å². The molecule has 2 aromatic heterocycles. The Morgan fingerprint density at radius 3 is 2.53 bits per heavy atom. The highest BCUT2D eigenvalue weighted by Gasteiger charge is 2.04. The van der Waals surface area contributed by atoms with Crippen LogP contribution in [0.4, 0.5) is 17.5 Å². The molecular formula is C13H20N6. The Morgan fingerprint density at radius 2 is 1.89 bits per heavy atom. The van der Waals surface area contributed by atoms with Gasteiger partial charge in [0.05, 0.1) is 6.20 Å². The molecule has 0 aliphatic rings. The molecule has 2 N–H and O–H groups in total. The van der Waals surface area contributed by atoms with Crippen LogP contribution < -0.4 is 10.6 Å². The lowest BCUT2D eigenvalue weighted by Crippen LogP contribution is -2.12. The van der Waals surface area contributed by atoms with Gasteiger partial charge in [0.15, 0.2) is 5.82 Å². The van der Waals surface area contributed by atoms with Crippen LogP contribution in [0.15, 0.2) is 24.4 Å². The first-order valence-electron chi connectivity index (χ1n) is 6.58. The van der Waals surface area contributed by atoms with Gasteiger partial charge in [-0.1, -0.05) is 6.92 Å². The molecule has 6 heteroatoms. The topological polar surface area (TPSA) is 67.7 Å². The average Bonchev–Trinajstić information content (AvgIpc) is 2.79. The second-order valence-electron chi connectivity index (χ2n) is 4.67. The zero-order valence-electron chi connectivity index (χ0n) is 11.6. The Labute approximate surface area is 113 Å². The van der Waals surface area contributed by atoms with Crippen molar-refractivity contribution in [2.45, 2.75) is 39.8 Å². The molecule has 0 atom stereocenters. The summed E-state index contributed by atoms with van der Waals surface area (Å²) in [5.41, 5.74) is 0. The number of nitrogens with zero attached hydrogens (tertiary/aromatic N) is 4. The van der Waals surface area contributed by atoms with Gasteiger partial charge in [0, 0.05) is 18.7 Å². The van der Waals surface area contributed by atoms with E-state index in [1.165, 1.54) is 0 Å². The SMILES string of the molecule is CCCn1nccc1Nc1ccc(NC(C)C)nn1. The minimum absolute atomic E-state index is 0.346. The summed E-state index contributed by atoms with van der Waals surface area (Å²) in [7, 11) is 0. The van der Waals surface area contributed by atoms with E-state index in [2.05, 4.69) is 46.7 Å². The molecule has 0 aliphatic heterocycles. The van der Waals surface area contributed by atoms with Gasteiger partial charge in [-0.15, -0.1) is 10.2 Å². The summed E-state index contributed by atoms with van der Waals surface area (Å²) in [5, 5.41) is 18.9. The maximum absolute atomic E-state index is 4.25. The van der Waals surface area contributed by atoms with Crippen molar-refractivity contribution < 1.29 is 0 Å². The van der Waals surface area contributed by atoms with Crippen molar-refractivity contribution in [3.63, 3.8) is 0 Å². The molecule has 0 bridgehead atoms. The third-order valence-corrected chi connectivity index (χ3v) is 2.51. The fraction of sp³-hybridized carbons (Fsp3) is 0.462. The molecule has 0 aliphatic carbocycles. The van der Waals surface area contributed by atoms with Gasteiger partial charge in [-0.25, -0.2) is 4.68 Å². The third-order valence-electron chi connectivity index (χ3n) is 2.51. The smallest absolute Gasteiger partial charge is 0.154 e. The number of anilines is 3. The van der Waals surface area contributed by atoms with Crippen LogP contribution in [0.2, 0.25) is 0 Å². The molecule has 2 heterocycles. The molecule has 0 radical (unpaired) electrons. The van der Waals surface area contributed by atoms with E-state index in [0.29, 0.717) is 11.9 Å². The quantitative estimate of drug-likeness (QED) is 0.835. The molecule has 0 amide bonds. The molecule has 0 fully saturated rings. The summed E-state index contributed by atoms with van der Waals surface area (Å²) in [6.07, 6.45) is 2.82. The Bertz CT molecular complexity index is 502. The Kier molecular flexibility index (Phi) is 4.33. The molecule has 2 aromatic rings. The number of hydrogen-bond acceptors (Lipinski definition) is 5. The molecule has 102 valence electrons. The number of nitrogens with one attached hydrogen (secondary N) is 2. The van der Waals surface area contributed by atoms with Gasteiger partial charge in [-0.05, 0) is 32.4 Å². The van der Waals surface area contributed by atoms with E-state index in [0.717, 1.165) is 24.6 Å². The van der Waals surface area contributed by atoms with Crippen molar-refractivity contribution in [2.75, 3.05) is 10.6 Å². The summed E-state index contributed by atoms with van der Waals surface area (Å²) < 4.78 is 1.92. The molecule has 0 aromatic carbocycles. The second-order valence-corrected chi connectivity index (χ2v) is 4.67. The third kappa shape index (κ3) is 3.67. The lowest BCUT2D eigenvalue weighted by atomic mass is 10.4. The van der Waals surface area contributed by atoms with Crippen LogP contribution in [-0.2, 0) is 6.54 Å². The molecule has 0 unspecified atom stereocenters. The van der Waals surface area contributed by atoms with E-state index in [9.17, 15) is 0 Å². The monoisotopic (exact) mass is 260 g/mol. The lowest BCUT2D eigenvalue weighted by molar-refractivity contribution is 0.610. The molecule has 0 spiro atoms. The van der Waals surface area contributed by atoms with Crippen molar-refractivity contribution in [1.82, 2.24) is 20.0 Å². The maximum atomic E-state index is 4.25. The van der Waals surface area contributed by atoms with Crippen LogP contribution in [0.1, 0.15) is 27.2 Å². The second kappa shape index (κ2) is 6.17. The fourth-order valence-electron chi connectivity index (χ4n) is 1.73. The predicted molar refractivity (Wildman–Crippen MR) is 76.6 cm³/mol. The van der Waals surface area contributed by atoms with Crippen LogP contribution in [-0.4, -0.2) is 26.0 Å². The van der Waals surface area contributed by atoms with Crippen molar-refractivity contribution in [3.8, 4) is 0 Å². The van der Waals surface area contributed by atoms with Crippen LogP contribution in [0, 0.1) is 0 Å². The summed E-state index contributed by atoms with van der Waals surface area (Å²) in [5.74, 6) is 2.43. The number of rotatable bonds is 6. The number of aryl methyl sites for hydroxylation is 1. The largest absolute Gasteiger partial charge is 0.366 e. The van der Waals surface area contributed by atoms with Gasteiger partial charge < -0.3 is 10.6 Å². The zero-order chi connectivity index (χ0) is 13.7. The summed E-state index contributed by atoms with van der Waals surface area (Å²) in [6, 6.07) is 6.09. The minimum Gasteiger partial charge on any atom is -0.366 e. The highest BCUT2D eigenvalue weighted by molar-refractivity contribution is 5.52. The molecule has 0 saturated carbocycles. The average molecular weight is 260 g/mol. The molecule has 2 rings (SSSR count). The van der Waals surface area contributed by atoms with Gasteiger partial charge in [-0.3, -0.25) is 0 Å². The van der Waals surface area contributed by atoms with Gasteiger partial charge in [0.25, 0.3) is 0 Å². The Balaban J connectivity index is 2.04. The lowest BCUT2D eigenvalue weighted by Gasteiger charge is -2.10. The van der Waals surface area contributed by atoms with E-state index in [4.69, 9.17) is 0 Å². The highest BCUT2D eigenvalue weighted by atomic mass is 15.3. The van der Waals surface area contributed by atoms with E-state index in [1.54, 1.807) is 6.20 Å². The van der Waals surface area contributed by atoms with Gasteiger partial charge in [-0.2, -0.15) is 5.10 Å². The first-order chi connectivity index (χ1) is 9.19. The number of hydrogen-bond donors (Lipinski definition) is 2. The van der Waals surface area contributed by atoms with Crippen LogP contribution in [0.5, 0.6) is 0 Å². The van der Waals surface area contributed by atoms with Crippen molar-refractivity contribution in [2.24, 2.45) is 0 Å². The molecule has 6 nitrogen and oxygen atoms in total. The minimum atomic E-state index is 0.346. The summed E-state index contributed by atoms with van der Waals surface area (Å²) >= 11 is 0. The Morgan fingerprint density at radius 1 is 1.16 bits per heavy atom. The first-order valence-corrected chi connectivity index (χ1v) is 6.58. The van der Waals surface area contributed by atoms with E-state index < -0.39 is 0 Å². The summed E-state index contributed by atoms with van der Waals surface area (Å²) in [4.78, 5) is 0. The van der Waals surface area contributed by atoms with Crippen molar-refractivity contribution in [3.05, 3.63) is 24.4 Å². The summed E-state index contributed by atoms with van der Waals surface area (Å²) in [6.45, 7) is 7.14. The van der Waals surface area contributed by atoms with Crippen LogP contribution >= 0.6 is 0 Å². The van der Waals surface area contributed by atoms with Crippen molar-refractivity contribution >= 4 is 17.5 Å². The zero-order valence-corrected chi connectivity index (χ0v) is 11.6. The predicted octanol–water partition coefficient (Wildman–Crippen LogP) is 2.65. The van der Waals surface area contributed by atoms with E-state index in [-0.39, 0.29) is 0 Å². The van der Waals surface area contributed by atoms with Crippen molar-refractivity contribution in [1.29, 1.82) is 0 Å². The normalized spacial score (nSPS) is 10.7. The van der Waals surface area contributed by atoms with Gasteiger partial charge in [0.1, 0.15) is 11.6 Å². The van der Waals surface area contributed by atoms with E-state index >= 15 is 0 Å².